The topological polar surface area (TPSA) is 35.5 Å². The van der Waals surface area contributed by atoms with Crippen molar-refractivity contribution < 1.29 is 14.6 Å². The van der Waals surface area contributed by atoms with Gasteiger partial charge in [-0.15, -0.1) is 0 Å². The van der Waals surface area contributed by atoms with Gasteiger partial charge in [-0.3, -0.25) is 4.89 Å². The second kappa shape index (κ2) is 21.7. The highest BCUT2D eigenvalue weighted by molar-refractivity contribution is 5.68. The van der Waals surface area contributed by atoms with Crippen LogP contribution in [0.5, 0.6) is 0 Å². The summed E-state index contributed by atoms with van der Waals surface area (Å²) in [5, 5.41) is 0. The Labute approximate surface area is 169 Å². The standard InChI is InChI=1S/C24H48O3/c1-4-7-9-10-11-12-13-14-15-16-17-18-20-22-24(25)27-26-23(6-3)21-19-8-5-2/h23H,4-22H2,1-3H3. The molecule has 0 aromatic rings. The summed E-state index contributed by atoms with van der Waals surface area (Å²) in [6.45, 7) is 6.54. The first-order chi connectivity index (χ1) is 13.2. The Morgan fingerprint density at radius 3 is 1.56 bits per heavy atom. The zero-order valence-electron chi connectivity index (χ0n) is 18.7. The van der Waals surface area contributed by atoms with Crippen LogP contribution >= 0.6 is 0 Å². The van der Waals surface area contributed by atoms with Crippen LogP contribution in [-0.2, 0) is 14.6 Å². The molecule has 0 amide bonds. The minimum Gasteiger partial charge on any atom is -0.298 e. The summed E-state index contributed by atoms with van der Waals surface area (Å²) in [4.78, 5) is 22.1. The summed E-state index contributed by atoms with van der Waals surface area (Å²) >= 11 is 0. The van der Waals surface area contributed by atoms with Crippen molar-refractivity contribution >= 4 is 5.97 Å². The molecule has 3 heteroatoms. The van der Waals surface area contributed by atoms with Gasteiger partial charge >= 0.3 is 5.97 Å². The molecule has 3 nitrogen and oxygen atoms in total. The Hall–Kier alpha value is -0.570. The first kappa shape index (κ1) is 26.4. The zero-order valence-corrected chi connectivity index (χ0v) is 18.7. The molecule has 0 spiro atoms. The van der Waals surface area contributed by atoms with Crippen molar-refractivity contribution in [1.29, 1.82) is 0 Å². The summed E-state index contributed by atoms with van der Waals surface area (Å²) in [7, 11) is 0. The van der Waals surface area contributed by atoms with E-state index in [1.165, 1.54) is 83.5 Å². The van der Waals surface area contributed by atoms with Crippen LogP contribution < -0.4 is 0 Å². The molecule has 0 aromatic carbocycles. The molecule has 0 bridgehead atoms. The Bertz CT molecular complexity index is 304. The third-order valence-corrected chi connectivity index (χ3v) is 5.35. The van der Waals surface area contributed by atoms with Crippen LogP contribution in [-0.4, -0.2) is 12.1 Å². The van der Waals surface area contributed by atoms with E-state index >= 15 is 0 Å². The molecule has 27 heavy (non-hydrogen) atoms. The first-order valence-electron chi connectivity index (χ1n) is 12.1. The predicted octanol–water partition coefficient (Wildman–Crippen LogP) is 8.30. The van der Waals surface area contributed by atoms with E-state index in [0.29, 0.717) is 6.42 Å². The van der Waals surface area contributed by atoms with Gasteiger partial charge in [0, 0.05) is 6.42 Å². The molecular weight excluding hydrogens is 336 g/mol. The van der Waals surface area contributed by atoms with E-state index in [0.717, 1.165) is 32.1 Å². The molecule has 0 aliphatic carbocycles. The van der Waals surface area contributed by atoms with E-state index in [9.17, 15) is 4.79 Å². The van der Waals surface area contributed by atoms with Crippen LogP contribution in [0.4, 0.5) is 0 Å². The minimum atomic E-state index is -0.202. The number of hydrogen-bond acceptors (Lipinski definition) is 3. The number of unbranched alkanes of at least 4 members (excludes halogenated alkanes) is 14. The van der Waals surface area contributed by atoms with Gasteiger partial charge in [0.25, 0.3) is 0 Å². The van der Waals surface area contributed by atoms with Crippen molar-refractivity contribution in [1.82, 2.24) is 0 Å². The molecule has 0 N–H and O–H groups in total. The van der Waals surface area contributed by atoms with Gasteiger partial charge in [-0.2, -0.15) is 4.89 Å². The number of carbonyl (C=O) groups excluding carboxylic acids is 1. The van der Waals surface area contributed by atoms with Crippen LogP contribution in [0.2, 0.25) is 0 Å². The summed E-state index contributed by atoms with van der Waals surface area (Å²) in [6.07, 6.45) is 23.1. The third kappa shape index (κ3) is 20.0. The fraction of sp³-hybridized carbons (Fsp3) is 0.958. The molecule has 0 heterocycles. The fourth-order valence-electron chi connectivity index (χ4n) is 3.39. The maximum Gasteiger partial charge on any atom is 0.342 e. The highest BCUT2D eigenvalue weighted by atomic mass is 17.2. The summed E-state index contributed by atoms with van der Waals surface area (Å²) in [6, 6.07) is 0. The molecule has 162 valence electrons. The minimum absolute atomic E-state index is 0.0622. The molecule has 0 aliphatic rings. The summed E-state index contributed by atoms with van der Waals surface area (Å²) in [5.74, 6) is -0.202. The smallest absolute Gasteiger partial charge is 0.298 e. The molecule has 0 saturated heterocycles. The molecule has 0 fully saturated rings. The largest absolute Gasteiger partial charge is 0.342 e. The van der Waals surface area contributed by atoms with E-state index in [1.54, 1.807) is 0 Å². The second-order valence-corrected chi connectivity index (χ2v) is 8.07. The van der Waals surface area contributed by atoms with Gasteiger partial charge in [-0.25, -0.2) is 4.79 Å². The van der Waals surface area contributed by atoms with Crippen LogP contribution in [0.1, 0.15) is 143 Å². The lowest BCUT2D eigenvalue weighted by atomic mass is 10.0. The summed E-state index contributed by atoms with van der Waals surface area (Å²) < 4.78 is 0. The molecule has 0 rings (SSSR count). The average molecular weight is 385 g/mol. The van der Waals surface area contributed by atoms with E-state index in [-0.39, 0.29) is 12.1 Å². The molecule has 0 aliphatic heterocycles. The predicted molar refractivity (Wildman–Crippen MR) is 116 cm³/mol. The van der Waals surface area contributed by atoms with Crippen molar-refractivity contribution in [2.75, 3.05) is 0 Å². The number of rotatable bonds is 21. The Kier molecular flexibility index (Phi) is 21.3. The van der Waals surface area contributed by atoms with Gasteiger partial charge in [0.1, 0.15) is 6.10 Å². The first-order valence-corrected chi connectivity index (χ1v) is 12.1. The average Bonchev–Trinajstić information content (AvgIpc) is 2.68. The quantitative estimate of drug-likeness (QED) is 0.113. The molecule has 0 saturated carbocycles. The lowest BCUT2D eigenvalue weighted by Gasteiger charge is -2.13. The van der Waals surface area contributed by atoms with Crippen LogP contribution in [0.25, 0.3) is 0 Å². The second-order valence-electron chi connectivity index (χ2n) is 8.07. The van der Waals surface area contributed by atoms with Crippen molar-refractivity contribution in [3.63, 3.8) is 0 Å². The Morgan fingerprint density at radius 1 is 0.630 bits per heavy atom. The zero-order chi connectivity index (χ0) is 20.0. The van der Waals surface area contributed by atoms with Crippen molar-refractivity contribution in [2.24, 2.45) is 0 Å². The van der Waals surface area contributed by atoms with Crippen molar-refractivity contribution in [3.8, 4) is 0 Å². The van der Waals surface area contributed by atoms with Crippen molar-refractivity contribution in [2.45, 2.75) is 149 Å². The van der Waals surface area contributed by atoms with Crippen molar-refractivity contribution in [3.05, 3.63) is 0 Å². The van der Waals surface area contributed by atoms with E-state index in [4.69, 9.17) is 9.78 Å². The van der Waals surface area contributed by atoms with Crippen LogP contribution in [0.15, 0.2) is 0 Å². The summed E-state index contributed by atoms with van der Waals surface area (Å²) in [5.41, 5.74) is 0. The molecule has 0 radical (unpaired) electrons. The lowest BCUT2D eigenvalue weighted by Crippen LogP contribution is -2.15. The maximum atomic E-state index is 11.7. The fourth-order valence-corrected chi connectivity index (χ4v) is 3.39. The SMILES string of the molecule is CCCCCCCCCCCCCCCC(=O)OOC(CC)CCCCC. The Balaban J connectivity index is 3.33. The maximum absolute atomic E-state index is 11.7. The van der Waals surface area contributed by atoms with E-state index in [2.05, 4.69) is 20.8 Å². The van der Waals surface area contributed by atoms with Gasteiger partial charge in [-0.05, 0) is 19.3 Å². The van der Waals surface area contributed by atoms with E-state index < -0.39 is 0 Å². The van der Waals surface area contributed by atoms with Gasteiger partial charge in [0.05, 0.1) is 0 Å². The third-order valence-electron chi connectivity index (χ3n) is 5.35. The van der Waals surface area contributed by atoms with Crippen LogP contribution in [0.3, 0.4) is 0 Å². The van der Waals surface area contributed by atoms with Gasteiger partial charge in [0.2, 0.25) is 0 Å². The molecule has 1 atom stereocenters. The van der Waals surface area contributed by atoms with Crippen LogP contribution in [0, 0.1) is 0 Å². The van der Waals surface area contributed by atoms with Gasteiger partial charge in [-0.1, -0.05) is 117 Å². The van der Waals surface area contributed by atoms with E-state index in [1.807, 2.05) is 0 Å². The molecule has 1 unspecified atom stereocenters. The Morgan fingerprint density at radius 2 is 1.07 bits per heavy atom. The number of hydrogen-bond donors (Lipinski definition) is 0. The van der Waals surface area contributed by atoms with Gasteiger partial charge < -0.3 is 0 Å². The lowest BCUT2D eigenvalue weighted by molar-refractivity contribution is -0.299. The van der Waals surface area contributed by atoms with Gasteiger partial charge in [0.15, 0.2) is 0 Å². The highest BCUT2D eigenvalue weighted by Crippen LogP contribution is 2.14. The molecule has 0 aromatic heterocycles. The number of carbonyl (C=O) groups is 1. The normalized spacial score (nSPS) is 12.3. The monoisotopic (exact) mass is 384 g/mol. The molecular formula is C24H48O3. The highest BCUT2D eigenvalue weighted by Gasteiger charge is 2.11.